The lowest BCUT2D eigenvalue weighted by molar-refractivity contribution is 0.122. The molecule has 0 radical (unpaired) electrons. The second-order valence-electron chi connectivity index (χ2n) is 7.51. The van der Waals surface area contributed by atoms with Gasteiger partial charge < -0.3 is 29.0 Å². The van der Waals surface area contributed by atoms with Crippen LogP contribution in [0.1, 0.15) is 6.42 Å². The fourth-order valence-corrected chi connectivity index (χ4v) is 6.81. The third-order valence-electron chi connectivity index (χ3n) is 5.12. The summed E-state index contributed by atoms with van der Waals surface area (Å²) in [7, 11) is -2.80. The standard InChI is InChI=1S/C21H24Cl2N4O7S2/c1-31-14-4-2-3-5-15(14)34-17-18(26-36(29,30)21(23)7-6-16(22)35-21)24-20(25-19(17)33-13-10-28)27-8-11-32-12-9-27/h2-6,28H,7-13H2,1H3,(H,24,25,26). The lowest BCUT2D eigenvalue weighted by Gasteiger charge is -2.28. The van der Waals surface area contributed by atoms with Crippen molar-refractivity contribution >= 4 is 56.8 Å². The average Bonchev–Trinajstić information content (AvgIpc) is 3.24. The van der Waals surface area contributed by atoms with E-state index in [1.165, 1.54) is 13.2 Å². The van der Waals surface area contributed by atoms with Gasteiger partial charge in [-0.15, -0.1) is 0 Å². The first-order valence-electron chi connectivity index (χ1n) is 10.8. The zero-order chi connectivity index (χ0) is 25.8. The largest absolute Gasteiger partial charge is 0.493 e. The molecule has 36 heavy (non-hydrogen) atoms. The summed E-state index contributed by atoms with van der Waals surface area (Å²) >= 11 is 13.3. The topological polar surface area (TPSA) is 132 Å². The van der Waals surface area contributed by atoms with Gasteiger partial charge in [0, 0.05) is 19.5 Å². The molecule has 0 bridgehead atoms. The van der Waals surface area contributed by atoms with Gasteiger partial charge in [-0.05, 0) is 12.1 Å². The first kappa shape index (κ1) is 26.9. The number of aliphatic hydroxyl groups is 1. The Kier molecular flexibility index (Phi) is 8.58. The number of sulfonamides is 1. The minimum absolute atomic E-state index is 0.0225. The van der Waals surface area contributed by atoms with Crippen LogP contribution in [0.5, 0.6) is 23.1 Å². The Hall–Kier alpha value is -2.16. The maximum Gasteiger partial charge on any atom is 0.265 e. The molecule has 1 unspecified atom stereocenters. The number of nitrogens with one attached hydrogen (secondary N) is 1. The van der Waals surface area contributed by atoms with E-state index in [0.29, 0.717) is 32.1 Å². The summed E-state index contributed by atoms with van der Waals surface area (Å²) < 4.78 is 50.2. The molecule has 11 nitrogen and oxygen atoms in total. The maximum atomic E-state index is 13.4. The molecule has 0 aliphatic carbocycles. The summed E-state index contributed by atoms with van der Waals surface area (Å²) in [6.45, 7) is 1.42. The zero-order valence-electron chi connectivity index (χ0n) is 19.1. The molecular weight excluding hydrogens is 555 g/mol. The van der Waals surface area contributed by atoms with Crippen LogP contribution in [0, 0.1) is 0 Å². The number of rotatable bonds is 10. The predicted molar refractivity (Wildman–Crippen MR) is 138 cm³/mol. The van der Waals surface area contributed by atoms with Crippen LogP contribution >= 0.6 is 35.0 Å². The van der Waals surface area contributed by atoms with Crippen molar-refractivity contribution in [3.8, 4) is 23.1 Å². The number of methoxy groups -OCH3 is 1. The molecular formula is C21H24Cl2N4O7S2. The average molecular weight is 579 g/mol. The van der Waals surface area contributed by atoms with Crippen LogP contribution in [0.4, 0.5) is 11.8 Å². The molecule has 2 aliphatic heterocycles. The van der Waals surface area contributed by atoms with Gasteiger partial charge in [-0.2, -0.15) is 9.97 Å². The Balaban J connectivity index is 1.81. The Morgan fingerprint density at radius 1 is 1.25 bits per heavy atom. The smallest absolute Gasteiger partial charge is 0.265 e. The number of alkyl halides is 1. The SMILES string of the molecule is COc1ccccc1Oc1c(NS(=O)(=O)C2(Cl)CC=C(Cl)S2)nc(N2CCOCC2)nc1OCCO. The zero-order valence-corrected chi connectivity index (χ0v) is 22.3. The Bertz CT molecular complexity index is 1230. The highest BCUT2D eigenvalue weighted by Gasteiger charge is 2.47. The van der Waals surface area contributed by atoms with Crippen molar-refractivity contribution in [3.05, 3.63) is 34.7 Å². The van der Waals surface area contributed by atoms with Gasteiger partial charge in [0.15, 0.2) is 17.3 Å². The number of benzene rings is 1. The van der Waals surface area contributed by atoms with Crippen LogP contribution in [0.15, 0.2) is 34.7 Å². The Morgan fingerprint density at radius 3 is 2.61 bits per heavy atom. The summed E-state index contributed by atoms with van der Waals surface area (Å²) in [5.74, 6) is 0.424. The van der Waals surface area contributed by atoms with E-state index in [0.717, 1.165) is 11.8 Å². The number of ether oxygens (including phenoxy) is 4. The number of thioether (sulfide) groups is 1. The number of allylic oxidation sites excluding steroid dienone is 1. The van der Waals surface area contributed by atoms with E-state index in [2.05, 4.69) is 14.7 Å². The minimum atomic E-state index is -4.27. The number of aromatic nitrogens is 2. The third kappa shape index (κ3) is 5.87. The molecule has 0 spiro atoms. The Labute approximate surface area is 222 Å². The molecule has 3 heterocycles. The van der Waals surface area contributed by atoms with Crippen molar-refractivity contribution in [2.75, 3.05) is 56.2 Å². The second-order valence-corrected chi connectivity index (χ2v) is 12.7. The van der Waals surface area contributed by atoms with Crippen molar-refractivity contribution in [1.29, 1.82) is 0 Å². The first-order valence-corrected chi connectivity index (χ1v) is 13.9. The number of aliphatic hydroxyl groups excluding tert-OH is 1. The molecule has 0 amide bonds. The second kappa shape index (κ2) is 11.5. The quantitative estimate of drug-likeness (QED) is 0.402. The number of morpholine rings is 1. The van der Waals surface area contributed by atoms with Crippen LogP contribution in [0.3, 0.4) is 0 Å². The minimum Gasteiger partial charge on any atom is -0.493 e. The number of hydrogen-bond acceptors (Lipinski definition) is 11. The van der Waals surface area contributed by atoms with E-state index in [9.17, 15) is 13.5 Å². The van der Waals surface area contributed by atoms with Crippen molar-refractivity contribution < 1.29 is 32.5 Å². The van der Waals surface area contributed by atoms with E-state index < -0.39 is 13.6 Å². The number of para-hydroxylation sites is 2. The van der Waals surface area contributed by atoms with Crippen molar-refractivity contribution in [3.63, 3.8) is 0 Å². The van der Waals surface area contributed by atoms with Crippen molar-refractivity contribution in [2.24, 2.45) is 0 Å². The number of hydrogen-bond donors (Lipinski definition) is 2. The molecule has 2 aromatic rings. The van der Waals surface area contributed by atoms with Crippen LogP contribution < -0.4 is 23.8 Å². The normalized spacial score (nSPS) is 20.1. The molecule has 1 atom stereocenters. The molecule has 1 aromatic heterocycles. The van der Waals surface area contributed by atoms with Gasteiger partial charge in [0.1, 0.15) is 6.61 Å². The Morgan fingerprint density at radius 2 is 1.97 bits per heavy atom. The monoisotopic (exact) mass is 578 g/mol. The molecule has 196 valence electrons. The first-order chi connectivity index (χ1) is 17.3. The molecule has 1 aromatic carbocycles. The van der Waals surface area contributed by atoms with E-state index in [-0.39, 0.29) is 53.1 Å². The van der Waals surface area contributed by atoms with Crippen LogP contribution in [0.2, 0.25) is 0 Å². The maximum absolute atomic E-state index is 13.4. The lowest BCUT2D eigenvalue weighted by Crippen LogP contribution is -2.38. The molecule has 1 saturated heterocycles. The van der Waals surface area contributed by atoms with Crippen LogP contribution in [0.25, 0.3) is 0 Å². The lowest BCUT2D eigenvalue weighted by atomic mass is 10.3. The van der Waals surface area contributed by atoms with Gasteiger partial charge in [0.05, 0.1) is 31.3 Å². The van der Waals surface area contributed by atoms with E-state index in [1.54, 1.807) is 24.3 Å². The van der Waals surface area contributed by atoms with Gasteiger partial charge in [0.2, 0.25) is 15.2 Å². The highest BCUT2D eigenvalue weighted by Crippen LogP contribution is 2.51. The van der Waals surface area contributed by atoms with Crippen molar-refractivity contribution in [1.82, 2.24) is 9.97 Å². The van der Waals surface area contributed by atoms with Crippen LogP contribution in [-0.2, 0) is 14.8 Å². The summed E-state index contributed by atoms with van der Waals surface area (Å²) in [4.78, 5) is 10.7. The van der Waals surface area contributed by atoms with Crippen molar-refractivity contribution in [2.45, 2.75) is 9.96 Å². The highest BCUT2D eigenvalue weighted by molar-refractivity contribution is 8.20. The summed E-state index contributed by atoms with van der Waals surface area (Å²) in [5.41, 5.74) is 0. The molecule has 4 rings (SSSR count). The fraction of sp³-hybridized carbons (Fsp3) is 0.429. The number of nitrogens with zero attached hydrogens (tertiary/aromatic N) is 3. The van der Waals surface area contributed by atoms with Gasteiger partial charge in [0.25, 0.3) is 15.9 Å². The van der Waals surface area contributed by atoms with E-state index in [4.69, 9.17) is 42.1 Å². The summed E-state index contributed by atoms with van der Waals surface area (Å²) in [6.07, 6.45) is 1.50. The number of halogens is 2. The molecule has 15 heteroatoms. The van der Waals surface area contributed by atoms with E-state index >= 15 is 0 Å². The van der Waals surface area contributed by atoms with Crippen LogP contribution in [-0.4, -0.2) is 73.7 Å². The molecule has 2 N–H and O–H groups in total. The molecule has 2 aliphatic rings. The summed E-state index contributed by atoms with van der Waals surface area (Å²) in [5, 5.41) is 9.36. The molecule has 0 saturated carbocycles. The van der Waals surface area contributed by atoms with Gasteiger partial charge in [-0.1, -0.05) is 53.2 Å². The van der Waals surface area contributed by atoms with Gasteiger partial charge in [-0.3, -0.25) is 4.72 Å². The van der Waals surface area contributed by atoms with E-state index in [1.807, 2.05) is 4.90 Å². The fourth-order valence-electron chi connectivity index (χ4n) is 3.34. The summed E-state index contributed by atoms with van der Waals surface area (Å²) in [6, 6.07) is 6.77. The van der Waals surface area contributed by atoms with Gasteiger partial charge >= 0.3 is 0 Å². The predicted octanol–water partition coefficient (Wildman–Crippen LogP) is 3.34. The molecule has 1 fully saturated rings. The third-order valence-corrected chi connectivity index (χ3v) is 9.67. The highest BCUT2D eigenvalue weighted by atomic mass is 35.5. The number of anilines is 2. The van der Waals surface area contributed by atoms with Gasteiger partial charge in [-0.25, -0.2) is 8.42 Å².